The summed E-state index contributed by atoms with van der Waals surface area (Å²) in [6.07, 6.45) is 2.16. The first-order valence-corrected chi connectivity index (χ1v) is 8.55. The molecule has 1 amide bonds. The molecule has 1 aliphatic rings. The van der Waals surface area contributed by atoms with Gasteiger partial charge in [0.05, 0.1) is 18.3 Å². The van der Waals surface area contributed by atoms with Gasteiger partial charge in [0, 0.05) is 6.54 Å². The van der Waals surface area contributed by atoms with E-state index in [0.29, 0.717) is 5.92 Å². The summed E-state index contributed by atoms with van der Waals surface area (Å²) in [5.41, 5.74) is 6.83. The SMILES string of the molecule is Cc1nc(CN2CCC(CNC(=O)[C@@H](N)C(C)C)CC2)oc1C.Cl. The third kappa shape index (κ3) is 5.76. The standard InChI is InChI=1S/C17H30N4O2.ClH/c1-11(2)16(18)17(22)19-9-14-5-7-21(8-6-14)10-15-20-12(3)13(4)23-15;/h11,14,16H,5-10,18H2,1-4H3,(H,19,22);1H/t16-;/m0./s1. The number of hydrogen-bond donors (Lipinski definition) is 2. The summed E-state index contributed by atoms with van der Waals surface area (Å²) in [5, 5.41) is 3.00. The highest BCUT2D eigenvalue weighted by Crippen LogP contribution is 2.19. The quantitative estimate of drug-likeness (QED) is 0.812. The van der Waals surface area contributed by atoms with E-state index in [-0.39, 0.29) is 24.2 Å². The van der Waals surface area contributed by atoms with Crippen LogP contribution in [0.2, 0.25) is 0 Å². The average molecular weight is 359 g/mol. The Morgan fingerprint density at radius 2 is 2.00 bits per heavy atom. The first-order chi connectivity index (χ1) is 10.9. The van der Waals surface area contributed by atoms with Gasteiger partial charge in [0.2, 0.25) is 11.8 Å². The van der Waals surface area contributed by atoms with Crippen LogP contribution in [0.3, 0.4) is 0 Å². The lowest BCUT2D eigenvalue weighted by Crippen LogP contribution is -2.46. The zero-order valence-corrected chi connectivity index (χ0v) is 16.0. The number of nitrogens with one attached hydrogen (secondary N) is 1. The van der Waals surface area contributed by atoms with Gasteiger partial charge < -0.3 is 15.5 Å². The van der Waals surface area contributed by atoms with E-state index >= 15 is 0 Å². The molecule has 0 saturated carbocycles. The Balaban J connectivity index is 0.00000288. The summed E-state index contributed by atoms with van der Waals surface area (Å²) < 4.78 is 5.65. The Morgan fingerprint density at radius 1 is 1.38 bits per heavy atom. The van der Waals surface area contributed by atoms with Crippen molar-refractivity contribution in [2.24, 2.45) is 17.6 Å². The number of rotatable bonds is 6. The summed E-state index contributed by atoms with van der Waals surface area (Å²) in [6.45, 7) is 11.4. The van der Waals surface area contributed by atoms with Gasteiger partial charge in [-0.1, -0.05) is 13.8 Å². The first-order valence-electron chi connectivity index (χ1n) is 8.55. The summed E-state index contributed by atoms with van der Waals surface area (Å²) in [4.78, 5) is 18.7. The molecule has 0 aliphatic carbocycles. The molecule has 0 spiro atoms. The minimum absolute atomic E-state index is 0. The van der Waals surface area contributed by atoms with Gasteiger partial charge >= 0.3 is 0 Å². The molecule has 2 heterocycles. The number of oxazole rings is 1. The Labute approximate surface area is 151 Å². The number of likely N-dealkylation sites (tertiary alicyclic amines) is 1. The molecular formula is C17H31ClN4O2. The van der Waals surface area contributed by atoms with Gasteiger partial charge in [-0.25, -0.2) is 4.98 Å². The smallest absolute Gasteiger partial charge is 0.237 e. The van der Waals surface area contributed by atoms with Crippen LogP contribution in [0, 0.1) is 25.7 Å². The van der Waals surface area contributed by atoms with Crippen LogP contribution in [0.4, 0.5) is 0 Å². The fourth-order valence-electron chi connectivity index (χ4n) is 2.81. The Kier molecular flexibility index (Phi) is 8.19. The normalized spacial score (nSPS) is 17.6. The lowest BCUT2D eigenvalue weighted by Gasteiger charge is -2.31. The number of carbonyl (C=O) groups is 1. The third-order valence-corrected chi connectivity index (χ3v) is 4.72. The molecule has 24 heavy (non-hydrogen) atoms. The van der Waals surface area contributed by atoms with E-state index in [9.17, 15) is 4.79 Å². The topological polar surface area (TPSA) is 84.4 Å². The Hall–Kier alpha value is -1.11. The van der Waals surface area contributed by atoms with E-state index < -0.39 is 6.04 Å². The number of nitrogens with two attached hydrogens (primary N) is 1. The van der Waals surface area contributed by atoms with Gasteiger partial charge in [-0.3, -0.25) is 9.69 Å². The molecule has 0 unspecified atom stereocenters. The second-order valence-electron chi connectivity index (χ2n) is 6.98. The molecule has 1 fully saturated rings. The molecule has 0 aromatic carbocycles. The fraction of sp³-hybridized carbons (Fsp3) is 0.765. The number of carbonyl (C=O) groups excluding carboxylic acids is 1. The van der Waals surface area contributed by atoms with Crippen LogP contribution in [0.1, 0.15) is 44.0 Å². The predicted octanol–water partition coefficient (Wildman–Crippen LogP) is 2.02. The lowest BCUT2D eigenvalue weighted by molar-refractivity contribution is -0.123. The van der Waals surface area contributed by atoms with Crippen molar-refractivity contribution in [3.8, 4) is 0 Å². The Bertz CT molecular complexity index is 505. The molecule has 1 atom stereocenters. The lowest BCUT2D eigenvalue weighted by atomic mass is 9.96. The van der Waals surface area contributed by atoms with Crippen molar-refractivity contribution in [2.45, 2.75) is 53.1 Å². The summed E-state index contributed by atoms with van der Waals surface area (Å²) in [7, 11) is 0. The number of nitrogens with zero attached hydrogens (tertiary/aromatic N) is 2. The highest BCUT2D eigenvalue weighted by Gasteiger charge is 2.23. The number of amides is 1. The van der Waals surface area contributed by atoms with E-state index in [4.69, 9.17) is 10.2 Å². The summed E-state index contributed by atoms with van der Waals surface area (Å²) in [5.74, 6) is 2.37. The monoisotopic (exact) mass is 358 g/mol. The molecule has 1 aromatic rings. The minimum atomic E-state index is -0.411. The van der Waals surface area contributed by atoms with Crippen LogP contribution >= 0.6 is 12.4 Å². The molecule has 7 heteroatoms. The second-order valence-corrected chi connectivity index (χ2v) is 6.98. The van der Waals surface area contributed by atoms with Crippen molar-refractivity contribution in [3.05, 3.63) is 17.3 Å². The number of aromatic nitrogens is 1. The van der Waals surface area contributed by atoms with Crippen LogP contribution < -0.4 is 11.1 Å². The highest BCUT2D eigenvalue weighted by atomic mass is 35.5. The fourth-order valence-corrected chi connectivity index (χ4v) is 2.81. The maximum Gasteiger partial charge on any atom is 0.237 e. The van der Waals surface area contributed by atoms with Gasteiger partial charge in [0.15, 0.2) is 0 Å². The molecule has 0 bridgehead atoms. The highest BCUT2D eigenvalue weighted by molar-refractivity contribution is 5.85. The second kappa shape index (κ2) is 9.39. The maximum atomic E-state index is 11.9. The van der Waals surface area contributed by atoms with Crippen LogP contribution in [0.15, 0.2) is 4.42 Å². The van der Waals surface area contributed by atoms with E-state index in [0.717, 1.165) is 56.4 Å². The van der Waals surface area contributed by atoms with Crippen LogP contribution in [-0.4, -0.2) is 41.5 Å². The number of hydrogen-bond acceptors (Lipinski definition) is 5. The number of piperidine rings is 1. The van der Waals surface area contributed by atoms with Crippen molar-refractivity contribution < 1.29 is 9.21 Å². The van der Waals surface area contributed by atoms with Crippen molar-refractivity contribution in [2.75, 3.05) is 19.6 Å². The zero-order valence-electron chi connectivity index (χ0n) is 15.2. The molecular weight excluding hydrogens is 328 g/mol. The number of aryl methyl sites for hydroxylation is 2. The van der Waals surface area contributed by atoms with Gasteiger partial charge in [0.25, 0.3) is 0 Å². The van der Waals surface area contributed by atoms with Gasteiger partial charge in [-0.05, 0) is 51.6 Å². The largest absolute Gasteiger partial charge is 0.444 e. The molecule has 2 rings (SSSR count). The van der Waals surface area contributed by atoms with Gasteiger partial charge in [-0.2, -0.15) is 0 Å². The first kappa shape index (κ1) is 20.9. The molecule has 6 nitrogen and oxygen atoms in total. The molecule has 3 N–H and O–H groups in total. The predicted molar refractivity (Wildman–Crippen MR) is 97.0 cm³/mol. The minimum Gasteiger partial charge on any atom is -0.444 e. The van der Waals surface area contributed by atoms with Crippen LogP contribution in [-0.2, 0) is 11.3 Å². The molecule has 1 saturated heterocycles. The molecule has 0 radical (unpaired) electrons. The van der Waals surface area contributed by atoms with E-state index in [1.807, 2.05) is 27.7 Å². The van der Waals surface area contributed by atoms with Crippen molar-refractivity contribution >= 4 is 18.3 Å². The van der Waals surface area contributed by atoms with Crippen molar-refractivity contribution in [3.63, 3.8) is 0 Å². The number of halogens is 1. The van der Waals surface area contributed by atoms with E-state index in [1.54, 1.807) is 0 Å². The average Bonchev–Trinajstić information content (AvgIpc) is 2.83. The molecule has 1 aliphatic heterocycles. The summed E-state index contributed by atoms with van der Waals surface area (Å²) >= 11 is 0. The Morgan fingerprint density at radius 3 is 2.50 bits per heavy atom. The van der Waals surface area contributed by atoms with E-state index in [2.05, 4.69) is 15.2 Å². The van der Waals surface area contributed by atoms with Crippen molar-refractivity contribution in [1.82, 2.24) is 15.2 Å². The van der Waals surface area contributed by atoms with Crippen molar-refractivity contribution in [1.29, 1.82) is 0 Å². The van der Waals surface area contributed by atoms with Gasteiger partial charge in [0.1, 0.15) is 5.76 Å². The van der Waals surface area contributed by atoms with Crippen LogP contribution in [0.25, 0.3) is 0 Å². The molecule has 1 aromatic heterocycles. The third-order valence-electron chi connectivity index (χ3n) is 4.72. The van der Waals surface area contributed by atoms with E-state index in [1.165, 1.54) is 0 Å². The van der Waals surface area contributed by atoms with Gasteiger partial charge in [-0.15, -0.1) is 12.4 Å². The van der Waals surface area contributed by atoms with Crippen LogP contribution in [0.5, 0.6) is 0 Å². The maximum absolute atomic E-state index is 11.9. The molecule has 138 valence electrons. The zero-order chi connectivity index (χ0) is 17.0. The summed E-state index contributed by atoms with van der Waals surface area (Å²) in [6, 6.07) is -0.411.